The third-order valence-corrected chi connectivity index (χ3v) is 4.96. The van der Waals surface area contributed by atoms with Gasteiger partial charge in [-0.2, -0.15) is 0 Å². The Kier molecular flexibility index (Phi) is 4.66. The minimum absolute atomic E-state index is 0.227. The number of hydrogen-bond acceptors (Lipinski definition) is 10. The van der Waals surface area contributed by atoms with Crippen molar-refractivity contribution < 1.29 is 45.2 Å². The average molecular weight is 337 g/mol. The summed E-state index contributed by atoms with van der Waals surface area (Å²) in [6.07, 6.45) is -10.5. The summed E-state index contributed by atoms with van der Waals surface area (Å²) in [5.74, 6) is 0. The molecule has 3 aliphatic rings. The number of fused-ring (bicyclic) bond motifs is 2. The number of rotatable bonds is 3. The minimum atomic E-state index is -1.60. The zero-order valence-electron chi connectivity index (χ0n) is 12.3. The summed E-state index contributed by atoms with van der Waals surface area (Å²) in [7, 11) is 0. The largest absolute Gasteiger partial charge is 0.394 e. The summed E-state index contributed by atoms with van der Waals surface area (Å²) in [6, 6.07) is -0.481. The van der Waals surface area contributed by atoms with Crippen LogP contribution in [0.5, 0.6) is 0 Å². The van der Waals surface area contributed by atoms with Crippen molar-refractivity contribution in [3.05, 3.63) is 0 Å². The van der Waals surface area contributed by atoms with Crippen molar-refractivity contribution in [3.8, 4) is 0 Å². The SMILES string of the molecule is OC[C@H]1O[C@H](O[C@@H]2[C@@H](O)[C@H](O)[C@]3(O)CC[C@H]2N3)[C@H](O)[C@@H](O)[C@H]1O. The van der Waals surface area contributed by atoms with Gasteiger partial charge >= 0.3 is 0 Å². The summed E-state index contributed by atoms with van der Waals surface area (Å²) in [5, 5.41) is 71.7. The third-order valence-electron chi connectivity index (χ3n) is 4.96. The van der Waals surface area contributed by atoms with Crippen LogP contribution in [0.15, 0.2) is 0 Å². The lowest BCUT2D eigenvalue weighted by Gasteiger charge is -2.46. The van der Waals surface area contributed by atoms with E-state index >= 15 is 0 Å². The number of nitrogens with one attached hydrogen (secondary N) is 1. The van der Waals surface area contributed by atoms with Crippen LogP contribution in [0, 0.1) is 0 Å². The first-order valence-electron chi connectivity index (χ1n) is 7.60. The van der Waals surface area contributed by atoms with Crippen molar-refractivity contribution in [2.45, 2.75) is 73.6 Å². The Hall–Kier alpha value is -0.400. The molecule has 0 aliphatic carbocycles. The molecular weight excluding hydrogens is 314 g/mol. The molecule has 134 valence electrons. The molecule has 3 rings (SSSR count). The second-order valence-corrected chi connectivity index (χ2v) is 6.45. The number of ether oxygens (including phenoxy) is 2. The van der Waals surface area contributed by atoms with Crippen molar-refractivity contribution >= 4 is 0 Å². The number of aliphatic hydroxyl groups excluding tert-OH is 6. The zero-order chi connectivity index (χ0) is 16.9. The molecule has 0 unspecified atom stereocenters. The first kappa shape index (κ1) is 17.4. The minimum Gasteiger partial charge on any atom is -0.394 e. The summed E-state index contributed by atoms with van der Waals surface area (Å²) < 4.78 is 10.7. The Labute approximate surface area is 131 Å². The van der Waals surface area contributed by atoms with E-state index in [1.54, 1.807) is 0 Å². The lowest BCUT2D eigenvalue weighted by Crippen LogP contribution is -2.69. The van der Waals surface area contributed by atoms with Crippen LogP contribution in [0.1, 0.15) is 12.8 Å². The Bertz CT molecular complexity index is 438. The molecule has 10 nitrogen and oxygen atoms in total. The number of piperidine rings is 1. The van der Waals surface area contributed by atoms with Gasteiger partial charge in [-0.05, 0) is 12.8 Å². The van der Waals surface area contributed by atoms with Gasteiger partial charge < -0.3 is 45.2 Å². The van der Waals surface area contributed by atoms with Crippen molar-refractivity contribution in [2.24, 2.45) is 0 Å². The van der Waals surface area contributed by atoms with E-state index < -0.39 is 67.4 Å². The molecule has 0 amide bonds. The second kappa shape index (κ2) is 6.15. The maximum absolute atomic E-state index is 10.2. The summed E-state index contributed by atoms with van der Waals surface area (Å²) in [6.45, 7) is -0.595. The van der Waals surface area contributed by atoms with Crippen LogP contribution < -0.4 is 5.32 Å². The molecule has 10 heteroatoms. The molecule has 3 saturated heterocycles. The molecule has 8 N–H and O–H groups in total. The highest BCUT2D eigenvalue weighted by Gasteiger charge is 2.57. The fourth-order valence-corrected chi connectivity index (χ4v) is 3.53. The van der Waals surface area contributed by atoms with Gasteiger partial charge in [-0.1, -0.05) is 0 Å². The predicted molar refractivity (Wildman–Crippen MR) is 71.8 cm³/mol. The summed E-state index contributed by atoms with van der Waals surface area (Å²) in [4.78, 5) is 0. The maximum Gasteiger partial charge on any atom is 0.187 e. The normalized spacial score (nSPS) is 56.7. The van der Waals surface area contributed by atoms with Gasteiger partial charge in [0, 0.05) is 6.04 Å². The van der Waals surface area contributed by atoms with Crippen LogP contribution in [-0.2, 0) is 9.47 Å². The third kappa shape index (κ3) is 2.78. The van der Waals surface area contributed by atoms with Gasteiger partial charge in [0.05, 0.1) is 6.61 Å². The van der Waals surface area contributed by atoms with Gasteiger partial charge in [0.1, 0.15) is 48.5 Å². The molecule has 0 aromatic heterocycles. The Morgan fingerprint density at radius 2 is 1.74 bits per heavy atom. The van der Waals surface area contributed by atoms with Gasteiger partial charge in [0.15, 0.2) is 6.29 Å². The highest BCUT2D eigenvalue weighted by atomic mass is 16.7. The highest BCUT2D eigenvalue weighted by molar-refractivity contribution is 5.08. The highest BCUT2D eigenvalue weighted by Crippen LogP contribution is 2.37. The second-order valence-electron chi connectivity index (χ2n) is 6.45. The van der Waals surface area contributed by atoms with Crippen LogP contribution in [0.4, 0.5) is 0 Å². The quantitative estimate of drug-likeness (QED) is 0.250. The van der Waals surface area contributed by atoms with Crippen molar-refractivity contribution in [1.29, 1.82) is 0 Å². The predicted octanol–water partition coefficient (Wildman–Crippen LogP) is -4.65. The van der Waals surface area contributed by atoms with E-state index in [0.717, 1.165) is 0 Å². The summed E-state index contributed by atoms with van der Waals surface area (Å²) in [5.41, 5.74) is -1.58. The van der Waals surface area contributed by atoms with Crippen molar-refractivity contribution in [3.63, 3.8) is 0 Å². The lowest BCUT2D eigenvalue weighted by atomic mass is 9.93. The van der Waals surface area contributed by atoms with E-state index in [2.05, 4.69) is 5.32 Å². The fourth-order valence-electron chi connectivity index (χ4n) is 3.53. The van der Waals surface area contributed by atoms with Crippen LogP contribution in [0.25, 0.3) is 0 Å². The molecule has 0 radical (unpaired) electrons. The average Bonchev–Trinajstić information content (AvgIpc) is 2.90. The van der Waals surface area contributed by atoms with Gasteiger partial charge in [0.25, 0.3) is 0 Å². The van der Waals surface area contributed by atoms with Gasteiger partial charge in [-0.25, -0.2) is 0 Å². The van der Waals surface area contributed by atoms with Crippen LogP contribution in [-0.4, -0.2) is 103 Å². The fraction of sp³-hybridized carbons (Fsp3) is 1.00. The van der Waals surface area contributed by atoms with E-state index in [0.29, 0.717) is 6.42 Å². The zero-order valence-corrected chi connectivity index (χ0v) is 12.3. The number of aliphatic hydroxyl groups is 7. The molecule has 0 saturated carbocycles. The Balaban J connectivity index is 1.73. The molecular formula is C13H23NO9. The standard InChI is InChI=1S/C13H23NO9/c15-3-5-6(16)7(17)8(18)12(22-5)23-10-4-1-2-13(21,14-4)11(20)9(10)19/h4-12,14-21H,1-3H2/t4-,5-,6+,7+,8-,9-,10+,11+,12-,13-/m1/s1. The molecule has 3 fully saturated rings. The van der Waals surface area contributed by atoms with Gasteiger partial charge in [-0.3, -0.25) is 5.32 Å². The van der Waals surface area contributed by atoms with Crippen LogP contribution in [0.2, 0.25) is 0 Å². The van der Waals surface area contributed by atoms with E-state index in [1.165, 1.54) is 0 Å². The maximum atomic E-state index is 10.2. The molecule has 2 bridgehead atoms. The van der Waals surface area contributed by atoms with Crippen molar-refractivity contribution in [1.82, 2.24) is 5.32 Å². The topological polar surface area (TPSA) is 172 Å². The van der Waals surface area contributed by atoms with Gasteiger partial charge in [-0.15, -0.1) is 0 Å². The molecule has 0 spiro atoms. The molecule has 3 aliphatic heterocycles. The van der Waals surface area contributed by atoms with E-state index in [-0.39, 0.29) is 6.42 Å². The van der Waals surface area contributed by atoms with Crippen LogP contribution in [0.3, 0.4) is 0 Å². The van der Waals surface area contributed by atoms with Crippen LogP contribution >= 0.6 is 0 Å². The molecule has 23 heavy (non-hydrogen) atoms. The lowest BCUT2D eigenvalue weighted by molar-refractivity contribution is -0.327. The van der Waals surface area contributed by atoms with Crippen molar-refractivity contribution in [2.75, 3.05) is 6.61 Å². The summed E-state index contributed by atoms with van der Waals surface area (Å²) >= 11 is 0. The number of hydrogen-bond donors (Lipinski definition) is 8. The molecule has 0 aromatic carbocycles. The first-order chi connectivity index (χ1) is 10.8. The van der Waals surface area contributed by atoms with E-state index in [1.807, 2.05) is 0 Å². The monoisotopic (exact) mass is 337 g/mol. The molecule has 3 heterocycles. The Morgan fingerprint density at radius 3 is 2.39 bits per heavy atom. The Morgan fingerprint density at radius 1 is 1.04 bits per heavy atom. The smallest absolute Gasteiger partial charge is 0.187 e. The van der Waals surface area contributed by atoms with Gasteiger partial charge in [0.2, 0.25) is 0 Å². The van der Waals surface area contributed by atoms with E-state index in [9.17, 15) is 30.6 Å². The molecule has 10 atom stereocenters. The molecule has 0 aromatic rings. The first-order valence-corrected chi connectivity index (χ1v) is 7.60. The van der Waals surface area contributed by atoms with E-state index in [4.69, 9.17) is 14.6 Å².